The van der Waals surface area contributed by atoms with Gasteiger partial charge in [0.2, 0.25) is 5.91 Å². The molecule has 0 saturated carbocycles. The highest BCUT2D eigenvalue weighted by molar-refractivity contribution is 5.95. The Kier molecular flexibility index (Phi) is 6.50. The number of nitrogens with one attached hydrogen (secondary N) is 1. The van der Waals surface area contributed by atoms with E-state index in [1.54, 1.807) is 7.11 Å². The number of benzene rings is 3. The van der Waals surface area contributed by atoms with Gasteiger partial charge in [0.1, 0.15) is 11.4 Å². The zero-order valence-electron chi connectivity index (χ0n) is 18.8. The number of hydrogen-bond acceptors (Lipinski definition) is 3. The number of carbonyl (C=O) groups is 1. The third kappa shape index (κ3) is 4.35. The molecule has 1 heterocycles. The lowest BCUT2D eigenvalue weighted by Crippen LogP contribution is -2.29. The first-order valence-corrected chi connectivity index (χ1v) is 11.0. The van der Waals surface area contributed by atoms with Crippen molar-refractivity contribution in [3.8, 4) is 17.0 Å². The fourth-order valence-corrected chi connectivity index (χ4v) is 4.26. The van der Waals surface area contributed by atoms with Gasteiger partial charge in [-0.05, 0) is 30.5 Å². The Hall–Kier alpha value is -3.66. The average molecular weight is 425 g/mol. The van der Waals surface area contributed by atoms with Gasteiger partial charge in [-0.3, -0.25) is 4.79 Å². The minimum absolute atomic E-state index is 0.0301. The minimum Gasteiger partial charge on any atom is -0.494 e. The zero-order valence-corrected chi connectivity index (χ0v) is 18.8. The van der Waals surface area contributed by atoms with E-state index in [1.807, 2.05) is 73.7 Å². The molecule has 1 amide bonds. The number of nitrogens with zero attached hydrogens (tertiary/aromatic N) is 1. The molecule has 0 saturated heterocycles. The second-order valence-electron chi connectivity index (χ2n) is 7.92. The molecule has 0 aliphatic carbocycles. The first-order valence-electron chi connectivity index (χ1n) is 11.0. The summed E-state index contributed by atoms with van der Waals surface area (Å²) in [5.74, 6) is 0.620. The topological polar surface area (TPSA) is 51.2 Å². The Bertz CT molecular complexity index is 1220. The summed E-state index contributed by atoms with van der Waals surface area (Å²) in [6.07, 6.45) is 1.04. The highest BCUT2D eigenvalue weighted by atomic mass is 16.5. The van der Waals surface area contributed by atoms with Gasteiger partial charge in [-0.15, -0.1) is 0 Å². The molecule has 32 heavy (non-hydrogen) atoms. The van der Waals surface area contributed by atoms with Crippen LogP contribution in [0.25, 0.3) is 22.2 Å². The van der Waals surface area contributed by atoms with Crippen LogP contribution in [0, 0.1) is 6.92 Å². The van der Waals surface area contributed by atoms with E-state index in [4.69, 9.17) is 9.72 Å². The van der Waals surface area contributed by atoms with E-state index in [2.05, 4.69) is 24.4 Å². The summed E-state index contributed by atoms with van der Waals surface area (Å²) in [5, 5.41) is 4.19. The molecule has 0 fully saturated rings. The van der Waals surface area contributed by atoms with Crippen LogP contribution in [-0.4, -0.2) is 18.0 Å². The SMILES string of the molecule is CC[C@H](NC(=O)Cc1c(OC)c(-c2ccccc2)nc2cccc(C)c12)c1ccccc1. The lowest BCUT2D eigenvalue weighted by molar-refractivity contribution is -0.121. The van der Waals surface area contributed by atoms with E-state index < -0.39 is 0 Å². The number of methoxy groups -OCH3 is 1. The summed E-state index contributed by atoms with van der Waals surface area (Å²) in [6, 6.07) is 26.1. The number of hydrogen-bond donors (Lipinski definition) is 1. The summed E-state index contributed by atoms with van der Waals surface area (Å²) in [4.78, 5) is 18.2. The molecule has 4 heteroatoms. The van der Waals surface area contributed by atoms with Crippen molar-refractivity contribution in [2.45, 2.75) is 32.7 Å². The Morgan fingerprint density at radius 2 is 1.66 bits per heavy atom. The predicted molar refractivity (Wildman–Crippen MR) is 130 cm³/mol. The predicted octanol–water partition coefficient (Wildman–Crippen LogP) is 6.03. The van der Waals surface area contributed by atoms with Gasteiger partial charge in [-0.2, -0.15) is 0 Å². The van der Waals surface area contributed by atoms with Crippen molar-refractivity contribution in [3.63, 3.8) is 0 Å². The zero-order chi connectivity index (χ0) is 22.5. The monoisotopic (exact) mass is 424 g/mol. The number of amides is 1. The van der Waals surface area contributed by atoms with E-state index in [1.165, 1.54) is 0 Å². The maximum absolute atomic E-state index is 13.2. The van der Waals surface area contributed by atoms with Crippen LogP contribution in [0.1, 0.15) is 36.1 Å². The number of pyridine rings is 1. The van der Waals surface area contributed by atoms with Crippen molar-refractivity contribution in [3.05, 3.63) is 95.6 Å². The fourth-order valence-electron chi connectivity index (χ4n) is 4.26. The van der Waals surface area contributed by atoms with Crippen LogP contribution in [0.2, 0.25) is 0 Å². The molecule has 4 nitrogen and oxygen atoms in total. The van der Waals surface area contributed by atoms with Crippen LogP contribution in [-0.2, 0) is 11.2 Å². The molecule has 1 atom stereocenters. The van der Waals surface area contributed by atoms with Gasteiger partial charge in [0.15, 0.2) is 0 Å². The molecule has 0 aliphatic heterocycles. The van der Waals surface area contributed by atoms with Gasteiger partial charge in [-0.1, -0.05) is 79.7 Å². The number of fused-ring (bicyclic) bond motifs is 1. The first kappa shape index (κ1) is 21.6. The van der Waals surface area contributed by atoms with E-state index in [0.717, 1.165) is 45.3 Å². The fraction of sp³-hybridized carbons (Fsp3) is 0.214. The number of aromatic nitrogens is 1. The van der Waals surface area contributed by atoms with E-state index in [-0.39, 0.29) is 18.4 Å². The number of rotatable bonds is 7. The van der Waals surface area contributed by atoms with Crippen molar-refractivity contribution >= 4 is 16.8 Å². The van der Waals surface area contributed by atoms with Crippen molar-refractivity contribution in [2.75, 3.05) is 7.11 Å². The molecule has 0 spiro atoms. The van der Waals surface area contributed by atoms with Crippen molar-refractivity contribution in [1.29, 1.82) is 0 Å². The molecule has 162 valence electrons. The lowest BCUT2D eigenvalue weighted by Gasteiger charge is -2.20. The molecule has 0 bridgehead atoms. The summed E-state index contributed by atoms with van der Waals surface area (Å²) >= 11 is 0. The van der Waals surface area contributed by atoms with Gasteiger partial charge in [0, 0.05) is 16.5 Å². The summed E-state index contributed by atoms with van der Waals surface area (Å²) in [5.41, 5.74) is 5.63. The average Bonchev–Trinajstić information content (AvgIpc) is 2.83. The molecule has 1 N–H and O–H groups in total. The van der Waals surface area contributed by atoms with E-state index >= 15 is 0 Å². The molecule has 4 aromatic rings. The third-order valence-electron chi connectivity index (χ3n) is 5.81. The second kappa shape index (κ2) is 9.65. The van der Waals surface area contributed by atoms with Crippen LogP contribution in [0.3, 0.4) is 0 Å². The molecule has 4 rings (SSSR count). The normalized spacial score (nSPS) is 11.8. The van der Waals surface area contributed by atoms with Crippen molar-refractivity contribution in [2.24, 2.45) is 0 Å². The van der Waals surface area contributed by atoms with E-state index in [0.29, 0.717) is 5.75 Å². The molecule has 1 aromatic heterocycles. The van der Waals surface area contributed by atoms with Gasteiger partial charge in [0.05, 0.1) is 25.1 Å². The highest BCUT2D eigenvalue weighted by Crippen LogP contribution is 2.37. The molecule has 3 aromatic carbocycles. The summed E-state index contributed by atoms with van der Waals surface area (Å²) in [6.45, 7) is 4.13. The van der Waals surface area contributed by atoms with Crippen LogP contribution >= 0.6 is 0 Å². The number of carbonyl (C=O) groups excluding carboxylic acids is 1. The smallest absolute Gasteiger partial charge is 0.225 e. The third-order valence-corrected chi connectivity index (χ3v) is 5.81. The van der Waals surface area contributed by atoms with Crippen molar-refractivity contribution in [1.82, 2.24) is 10.3 Å². The number of aryl methyl sites for hydroxylation is 1. The quantitative estimate of drug-likeness (QED) is 0.394. The molecular weight excluding hydrogens is 396 g/mol. The van der Waals surface area contributed by atoms with Crippen LogP contribution in [0.15, 0.2) is 78.9 Å². The Labute approximate surface area is 189 Å². The maximum atomic E-state index is 13.2. The van der Waals surface area contributed by atoms with Crippen LogP contribution in [0.4, 0.5) is 0 Å². The van der Waals surface area contributed by atoms with E-state index in [9.17, 15) is 4.79 Å². The van der Waals surface area contributed by atoms with Crippen molar-refractivity contribution < 1.29 is 9.53 Å². The summed E-state index contributed by atoms with van der Waals surface area (Å²) in [7, 11) is 1.65. The number of ether oxygens (including phenoxy) is 1. The highest BCUT2D eigenvalue weighted by Gasteiger charge is 2.22. The second-order valence-corrected chi connectivity index (χ2v) is 7.92. The first-order chi connectivity index (χ1) is 15.6. The molecule has 0 radical (unpaired) electrons. The van der Waals surface area contributed by atoms with Gasteiger partial charge >= 0.3 is 0 Å². The van der Waals surface area contributed by atoms with Crippen LogP contribution in [0.5, 0.6) is 5.75 Å². The standard InChI is InChI=1S/C28H28N2O2/c1-4-23(20-13-7-5-8-14-20)29-25(31)18-22-26-19(2)12-11-17-24(26)30-27(28(22)32-3)21-15-9-6-10-16-21/h5-17,23H,4,18H2,1-3H3,(H,29,31)/t23-/m0/s1. The van der Waals surface area contributed by atoms with Gasteiger partial charge in [0.25, 0.3) is 0 Å². The lowest BCUT2D eigenvalue weighted by atomic mass is 9.96. The molecule has 0 unspecified atom stereocenters. The van der Waals surface area contributed by atoms with Gasteiger partial charge in [-0.25, -0.2) is 4.98 Å². The maximum Gasteiger partial charge on any atom is 0.225 e. The molecule has 0 aliphatic rings. The largest absolute Gasteiger partial charge is 0.494 e. The Morgan fingerprint density at radius 1 is 0.969 bits per heavy atom. The van der Waals surface area contributed by atoms with Crippen LogP contribution < -0.4 is 10.1 Å². The molecular formula is C28H28N2O2. The van der Waals surface area contributed by atoms with Gasteiger partial charge < -0.3 is 10.1 Å². The minimum atomic E-state index is -0.0335. The Balaban J connectivity index is 1.77. The summed E-state index contributed by atoms with van der Waals surface area (Å²) < 4.78 is 5.87. The Morgan fingerprint density at radius 3 is 2.31 bits per heavy atom.